The van der Waals surface area contributed by atoms with Gasteiger partial charge < -0.3 is 4.90 Å². The summed E-state index contributed by atoms with van der Waals surface area (Å²) >= 11 is 1.75. The van der Waals surface area contributed by atoms with E-state index in [1.54, 1.807) is 11.3 Å². The molecule has 1 aliphatic heterocycles. The second-order valence-electron chi connectivity index (χ2n) is 6.61. The zero-order valence-electron chi connectivity index (χ0n) is 14.6. The van der Waals surface area contributed by atoms with E-state index < -0.39 is 0 Å². The fourth-order valence-corrected chi connectivity index (χ4v) is 4.13. The smallest absolute Gasteiger partial charge is 0.123 e. The summed E-state index contributed by atoms with van der Waals surface area (Å²) in [6.07, 6.45) is 0. The average molecular weight is 350 g/mol. The van der Waals surface area contributed by atoms with E-state index in [2.05, 4.69) is 76.7 Å². The third-order valence-corrected chi connectivity index (χ3v) is 5.64. The number of rotatable bonds is 4. The molecule has 1 aromatic heterocycles. The van der Waals surface area contributed by atoms with Gasteiger partial charge in [-0.15, -0.1) is 11.3 Å². The van der Waals surface area contributed by atoms with Crippen LogP contribution < -0.4 is 4.90 Å². The molecule has 0 spiro atoms. The fourth-order valence-electron chi connectivity index (χ4n) is 3.32. The average Bonchev–Trinajstić information content (AvgIpc) is 3.12. The van der Waals surface area contributed by atoms with E-state index in [-0.39, 0.29) is 0 Å². The second kappa shape index (κ2) is 7.38. The number of anilines is 1. The van der Waals surface area contributed by atoms with E-state index in [1.165, 1.54) is 22.5 Å². The van der Waals surface area contributed by atoms with Crippen LogP contribution in [0.25, 0.3) is 10.6 Å². The maximum absolute atomic E-state index is 4.86. The predicted octanol–water partition coefficient (Wildman–Crippen LogP) is 4.44. The lowest BCUT2D eigenvalue weighted by Crippen LogP contribution is -2.46. The molecule has 1 aliphatic rings. The molecule has 0 aliphatic carbocycles. The number of thiazole rings is 1. The van der Waals surface area contributed by atoms with Gasteiger partial charge in [0.15, 0.2) is 0 Å². The lowest BCUT2D eigenvalue weighted by molar-refractivity contribution is 0.247. The molecule has 0 radical (unpaired) electrons. The molecule has 1 fully saturated rings. The Balaban J connectivity index is 1.36. The summed E-state index contributed by atoms with van der Waals surface area (Å²) in [5.41, 5.74) is 5.03. The number of para-hydroxylation sites is 1. The zero-order valence-corrected chi connectivity index (χ0v) is 15.4. The monoisotopic (exact) mass is 349 g/mol. The van der Waals surface area contributed by atoms with Crippen molar-refractivity contribution in [3.8, 4) is 10.6 Å². The lowest BCUT2D eigenvalue weighted by atomic mass is 10.1. The summed E-state index contributed by atoms with van der Waals surface area (Å²) < 4.78 is 0. The Morgan fingerprint density at radius 2 is 1.76 bits per heavy atom. The number of benzene rings is 2. The van der Waals surface area contributed by atoms with Crippen LogP contribution in [0.5, 0.6) is 0 Å². The Labute approximate surface area is 153 Å². The molecule has 0 saturated carbocycles. The molecule has 4 heteroatoms. The van der Waals surface area contributed by atoms with Crippen molar-refractivity contribution in [1.29, 1.82) is 0 Å². The fraction of sp³-hybridized carbons (Fsp3) is 0.286. The summed E-state index contributed by atoms with van der Waals surface area (Å²) in [4.78, 5) is 9.83. The Morgan fingerprint density at radius 3 is 2.52 bits per heavy atom. The van der Waals surface area contributed by atoms with Crippen molar-refractivity contribution < 1.29 is 0 Å². The first-order valence-electron chi connectivity index (χ1n) is 8.82. The standard InChI is InChI=1S/C21H23N3S/c1-17-6-5-7-18(14-17)21-22-19(16-25-21)15-23-10-12-24(13-11-23)20-8-3-2-4-9-20/h2-9,14,16H,10-13,15H2,1H3. The van der Waals surface area contributed by atoms with E-state index in [4.69, 9.17) is 4.98 Å². The summed E-state index contributed by atoms with van der Waals surface area (Å²) in [6, 6.07) is 19.3. The largest absolute Gasteiger partial charge is 0.369 e. The minimum atomic E-state index is 0.949. The van der Waals surface area contributed by atoms with E-state index in [9.17, 15) is 0 Å². The van der Waals surface area contributed by atoms with E-state index >= 15 is 0 Å². The number of aryl methyl sites for hydroxylation is 1. The number of piperazine rings is 1. The number of aromatic nitrogens is 1. The van der Waals surface area contributed by atoms with Crippen LogP contribution in [0, 0.1) is 6.92 Å². The van der Waals surface area contributed by atoms with Crippen LogP contribution in [0.2, 0.25) is 0 Å². The van der Waals surface area contributed by atoms with Gasteiger partial charge in [0, 0.05) is 49.4 Å². The van der Waals surface area contributed by atoms with Crippen LogP contribution in [-0.2, 0) is 6.54 Å². The van der Waals surface area contributed by atoms with Crippen LogP contribution in [0.15, 0.2) is 60.0 Å². The van der Waals surface area contributed by atoms with Crippen molar-refractivity contribution in [2.24, 2.45) is 0 Å². The molecule has 3 aromatic rings. The van der Waals surface area contributed by atoms with Crippen molar-refractivity contribution in [3.63, 3.8) is 0 Å². The van der Waals surface area contributed by atoms with Crippen molar-refractivity contribution in [2.75, 3.05) is 31.1 Å². The third kappa shape index (κ3) is 3.91. The first kappa shape index (κ1) is 16.3. The quantitative estimate of drug-likeness (QED) is 0.694. The van der Waals surface area contributed by atoms with Gasteiger partial charge in [0.05, 0.1) is 5.69 Å². The van der Waals surface area contributed by atoms with E-state index in [0.717, 1.165) is 37.7 Å². The van der Waals surface area contributed by atoms with Crippen molar-refractivity contribution >= 4 is 17.0 Å². The zero-order chi connectivity index (χ0) is 17.1. The Kier molecular flexibility index (Phi) is 4.81. The van der Waals surface area contributed by atoms with Gasteiger partial charge in [-0.3, -0.25) is 4.90 Å². The molecule has 25 heavy (non-hydrogen) atoms. The van der Waals surface area contributed by atoms with Gasteiger partial charge in [0.1, 0.15) is 5.01 Å². The molecule has 2 aromatic carbocycles. The Bertz CT molecular complexity index is 820. The number of nitrogens with zero attached hydrogens (tertiary/aromatic N) is 3. The van der Waals surface area contributed by atoms with Crippen LogP contribution in [0.4, 0.5) is 5.69 Å². The molecule has 0 amide bonds. The van der Waals surface area contributed by atoms with Gasteiger partial charge in [0.25, 0.3) is 0 Å². The molecule has 0 N–H and O–H groups in total. The van der Waals surface area contributed by atoms with Crippen molar-refractivity contribution in [2.45, 2.75) is 13.5 Å². The second-order valence-corrected chi connectivity index (χ2v) is 7.47. The van der Waals surface area contributed by atoms with Gasteiger partial charge in [-0.2, -0.15) is 0 Å². The molecule has 0 bridgehead atoms. The molecule has 2 heterocycles. The summed E-state index contributed by atoms with van der Waals surface area (Å²) in [5.74, 6) is 0. The molecule has 0 atom stereocenters. The van der Waals surface area contributed by atoms with Gasteiger partial charge in [0.2, 0.25) is 0 Å². The predicted molar refractivity (Wildman–Crippen MR) is 106 cm³/mol. The van der Waals surface area contributed by atoms with Gasteiger partial charge in [-0.05, 0) is 25.1 Å². The van der Waals surface area contributed by atoms with E-state index in [0.29, 0.717) is 0 Å². The van der Waals surface area contributed by atoms with Gasteiger partial charge >= 0.3 is 0 Å². The normalized spacial score (nSPS) is 15.5. The summed E-state index contributed by atoms with van der Waals surface area (Å²) in [6.45, 7) is 7.42. The van der Waals surface area contributed by atoms with Gasteiger partial charge in [-0.25, -0.2) is 4.98 Å². The minimum Gasteiger partial charge on any atom is -0.369 e. The molecule has 1 saturated heterocycles. The Morgan fingerprint density at radius 1 is 0.960 bits per heavy atom. The topological polar surface area (TPSA) is 19.4 Å². The Hall–Kier alpha value is -2.17. The highest BCUT2D eigenvalue weighted by Crippen LogP contribution is 2.25. The maximum Gasteiger partial charge on any atom is 0.123 e. The minimum absolute atomic E-state index is 0.949. The van der Waals surface area contributed by atoms with Crippen LogP contribution in [0.1, 0.15) is 11.3 Å². The van der Waals surface area contributed by atoms with Crippen molar-refractivity contribution in [1.82, 2.24) is 9.88 Å². The van der Waals surface area contributed by atoms with Gasteiger partial charge in [-0.1, -0.05) is 42.0 Å². The number of hydrogen-bond donors (Lipinski definition) is 0. The molecule has 0 unspecified atom stereocenters. The lowest BCUT2D eigenvalue weighted by Gasteiger charge is -2.35. The highest BCUT2D eigenvalue weighted by molar-refractivity contribution is 7.13. The first-order valence-corrected chi connectivity index (χ1v) is 9.70. The van der Waals surface area contributed by atoms with E-state index in [1.807, 2.05) is 0 Å². The SMILES string of the molecule is Cc1cccc(-c2nc(CN3CCN(c4ccccc4)CC3)cs2)c1. The van der Waals surface area contributed by atoms with Crippen LogP contribution in [0.3, 0.4) is 0 Å². The van der Waals surface area contributed by atoms with Crippen LogP contribution >= 0.6 is 11.3 Å². The summed E-state index contributed by atoms with van der Waals surface area (Å²) in [7, 11) is 0. The molecule has 3 nitrogen and oxygen atoms in total. The highest BCUT2D eigenvalue weighted by Gasteiger charge is 2.18. The number of hydrogen-bond acceptors (Lipinski definition) is 4. The van der Waals surface area contributed by atoms with Crippen molar-refractivity contribution in [3.05, 3.63) is 71.2 Å². The molecule has 128 valence electrons. The van der Waals surface area contributed by atoms with Crippen LogP contribution in [-0.4, -0.2) is 36.1 Å². The highest BCUT2D eigenvalue weighted by atomic mass is 32.1. The molecular weight excluding hydrogens is 326 g/mol. The molecular formula is C21H23N3S. The first-order chi connectivity index (χ1) is 12.3. The molecule has 4 rings (SSSR count). The maximum atomic E-state index is 4.86. The summed E-state index contributed by atoms with van der Waals surface area (Å²) in [5, 5.41) is 3.34. The third-order valence-electron chi connectivity index (χ3n) is 4.70.